The molecular formula is C20H18N2O. The average Bonchev–Trinajstić information content (AvgIpc) is 2.57. The third-order valence-corrected chi connectivity index (χ3v) is 3.85. The Balaban J connectivity index is 1.83. The zero-order valence-electron chi connectivity index (χ0n) is 13.2. The molecule has 3 rings (SSSR count). The summed E-state index contributed by atoms with van der Waals surface area (Å²) in [6.07, 6.45) is 2.40. The number of anilines is 2. The van der Waals surface area contributed by atoms with Crippen LogP contribution in [0.2, 0.25) is 0 Å². The summed E-state index contributed by atoms with van der Waals surface area (Å²) in [5.41, 5.74) is 7.33. The third-order valence-electron chi connectivity index (χ3n) is 3.85. The van der Waals surface area contributed by atoms with Gasteiger partial charge in [-0.05, 0) is 60.4 Å². The summed E-state index contributed by atoms with van der Waals surface area (Å²) >= 11 is 0. The van der Waals surface area contributed by atoms with Gasteiger partial charge in [-0.15, -0.1) is 0 Å². The minimum atomic E-state index is 0.431. The van der Waals surface area contributed by atoms with Crippen LogP contribution in [0.15, 0.2) is 60.8 Å². The molecule has 0 aliphatic heterocycles. The minimum Gasteiger partial charge on any atom is -0.354 e. The number of aldehydes is 1. The van der Waals surface area contributed by atoms with Crippen molar-refractivity contribution in [1.82, 2.24) is 4.98 Å². The summed E-state index contributed by atoms with van der Waals surface area (Å²) in [7, 11) is 0. The number of hydrogen-bond acceptors (Lipinski definition) is 3. The van der Waals surface area contributed by atoms with Gasteiger partial charge in [0.05, 0.1) is 11.9 Å². The van der Waals surface area contributed by atoms with Gasteiger partial charge in [0.15, 0.2) is 6.29 Å². The lowest BCUT2D eigenvalue weighted by Crippen LogP contribution is -1.93. The average molecular weight is 302 g/mol. The Hall–Kier alpha value is -2.94. The summed E-state index contributed by atoms with van der Waals surface area (Å²) in [4.78, 5) is 14.7. The summed E-state index contributed by atoms with van der Waals surface area (Å²) in [6, 6.07) is 18.2. The summed E-state index contributed by atoms with van der Waals surface area (Å²) in [6.45, 7) is 4.27. The molecule has 3 heteroatoms. The lowest BCUT2D eigenvalue weighted by atomic mass is 9.96. The van der Waals surface area contributed by atoms with E-state index >= 15 is 0 Å². The smallest absolute Gasteiger partial charge is 0.168 e. The number of aryl methyl sites for hydroxylation is 2. The molecule has 2 aromatic carbocycles. The fraction of sp³-hybridized carbons (Fsp3) is 0.100. The topological polar surface area (TPSA) is 42.0 Å². The zero-order valence-corrected chi connectivity index (χ0v) is 13.2. The van der Waals surface area contributed by atoms with E-state index in [-0.39, 0.29) is 0 Å². The normalized spacial score (nSPS) is 10.3. The lowest BCUT2D eigenvalue weighted by Gasteiger charge is -2.11. The summed E-state index contributed by atoms with van der Waals surface area (Å²) < 4.78 is 0. The maximum absolute atomic E-state index is 10.6. The second-order valence-electron chi connectivity index (χ2n) is 5.56. The molecule has 0 bridgehead atoms. The van der Waals surface area contributed by atoms with Crippen molar-refractivity contribution in [3.63, 3.8) is 0 Å². The first-order valence-electron chi connectivity index (χ1n) is 7.52. The third kappa shape index (κ3) is 3.29. The highest BCUT2D eigenvalue weighted by atomic mass is 16.1. The second-order valence-corrected chi connectivity index (χ2v) is 5.56. The van der Waals surface area contributed by atoms with Crippen LogP contribution in [0.4, 0.5) is 11.4 Å². The van der Waals surface area contributed by atoms with Crippen LogP contribution < -0.4 is 5.32 Å². The van der Waals surface area contributed by atoms with Crippen LogP contribution in [-0.4, -0.2) is 11.3 Å². The van der Waals surface area contributed by atoms with Crippen LogP contribution in [0.5, 0.6) is 0 Å². The molecule has 1 N–H and O–H groups in total. The molecule has 0 aliphatic rings. The highest BCUT2D eigenvalue weighted by molar-refractivity contribution is 5.74. The molecule has 3 nitrogen and oxygen atoms in total. The van der Waals surface area contributed by atoms with Crippen LogP contribution in [-0.2, 0) is 0 Å². The van der Waals surface area contributed by atoms with E-state index in [4.69, 9.17) is 0 Å². The van der Waals surface area contributed by atoms with E-state index in [0.29, 0.717) is 5.69 Å². The van der Waals surface area contributed by atoms with Gasteiger partial charge in [0.2, 0.25) is 0 Å². The number of rotatable bonds is 4. The fourth-order valence-corrected chi connectivity index (χ4v) is 2.71. The van der Waals surface area contributed by atoms with Crippen molar-refractivity contribution in [2.45, 2.75) is 13.8 Å². The predicted octanol–water partition coefficient (Wildman–Crippen LogP) is 4.92. The van der Waals surface area contributed by atoms with Crippen molar-refractivity contribution in [1.29, 1.82) is 0 Å². The molecular weight excluding hydrogens is 284 g/mol. The van der Waals surface area contributed by atoms with Crippen LogP contribution >= 0.6 is 0 Å². The maximum Gasteiger partial charge on any atom is 0.168 e. The number of hydrogen-bond donors (Lipinski definition) is 1. The predicted molar refractivity (Wildman–Crippen MR) is 94.3 cm³/mol. The molecule has 1 heterocycles. The Bertz CT molecular complexity index is 801. The van der Waals surface area contributed by atoms with Gasteiger partial charge in [-0.3, -0.25) is 9.78 Å². The van der Waals surface area contributed by atoms with E-state index in [9.17, 15) is 4.79 Å². The molecule has 0 fully saturated rings. The van der Waals surface area contributed by atoms with Crippen molar-refractivity contribution in [2.24, 2.45) is 0 Å². The quantitative estimate of drug-likeness (QED) is 0.695. The monoisotopic (exact) mass is 302 g/mol. The first-order valence-corrected chi connectivity index (χ1v) is 7.52. The molecule has 0 amide bonds. The van der Waals surface area contributed by atoms with Gasteiger partial charge in [-0.1, -0.05) is 30.3 Å². The van der Waals surface area contributed by atoms with Crippen LogP contribution in [0, 0.1) is 13.8 Å². The number of benzene rings is 2. The first kappa shape index (κ1) is 15.0. The van der Waals surface area contributed by atoms with E-state index in [1.165, 1.54) is 22.3 Å². The standard InChI is InChI=1S/C20H18N2O/c1-14-4-3-5-15(2)20(14)16-6-8-17(9-7-16)22-18-10-11-19(13-23)21-12-18/h3-13,22H,1-2H3. The number of carbonyl (C=O) groups is 1. The van der Waals surface area contributed by atoms with Gasteiger partial charge in [0.1, 0.15) is 5.69 Å². The number of pyridine rings is 1. The molecule has 1 aromatic heterocycles. The molecule has 0 spiro atoms. The molecule has 23 heavy (non-hydrogen) atoms. The Morgan fingerprint density at radius 1 is 0.870 bits per heavy atom. The van der Waals surface area contributed by atoms with Gasteiger partial charge >= 0.3 is 0 Å². The number of nitrogens with one attached hydrogen (secondary N) is 1. The summed E-state index contributed by atoms with van der Waals surface area (Å²) in [5.74, 6) is 0. The van der Waals surface area contributed by atoms with Gasteiger partial charge in [0.25, 0.3) is 0 Å². The Kier molecular flexibility index (Phi) is 4.20. The van der Waals surface area contributed by atoms with Crippen molar-refractivity contribution in [3.8, 4) is 11.1 Å². The molecule has 0 aliphatic carbocycles. The van der Waals surface area contributed by atoms with E-state index in [1.807, 2.05) is 6.07 Å². The van der Waals surface area contributed by atoms with E-state index in [0.717, 1.165) is 17.7 Å². The second kappa shape index (κ2) is 6.44. The van der Waals surface area contributed by atoms with Gasteiger partial charge in [-0.2, -0.15) is 0 Å². The minimum absolute atomic E-state index is 0.431. The van der Waals surface area contributed by atoms with E-state index in [2.05, 4.69) is 66.6 Å². The Labute approximate surface area is 136 Å². The molecule has 0 atom stereocenters. The van der Waals surface area contributed by atoms with Crippen LogP contribution in [0.25, 0.3) is 11.1 Å². The van der Waals surface area contributed by atoms with Crippen LogP contribution in [0.1, 0.15) is 21.6 Å². The van der Waals surface area contributed by atoms with Gasteiger partial charge < -0.3 is 5.32 Å². The fourth-order valence-electron chi connectivity index (χ4n) is 2.71. The van der Waals surface area contributed by atoms with Crippen LogP contribution in [0.3, 0.4) is 0 Å². The van der Waals surface area contributed by atoms with Crippen molar-refractivity contribution in [3.05, 3.63) is 77.6 Å². The molecule has 114 valence electrons. The molecule has 3 aromatic rings. The first-order chi connectivity index (χ1) is 11.2. The molecule has 0 unspecified atom stereocenters. The van der Waals surface area contributed by atoms with Gasteiger partial charge in [-0.25, -0.2) is 0 Å². The maximum atomic E-state index is 10.6. The van der Waals surface area contributed by atoms with Crippen molar-refractivity contribution >= 4 is 17.7 Å². The highest BCUT2D eigenvalue weighted by Gasteiger charge is 2.05. The van der Waals surface area contributed by atoms with Crippen molar-refractivity contribution < 1.29 is 4.79 Å². The Morgan fingerprint density at radius 3 is 2.09 bits per heavy atom. The molecule has 0 saturated carbocycles. The SMILES string of the molecule is Cc1cccc(C)c1-c1ccc(Nc2ccc(C=O)nc2)cc1. The van der Waals surface area contributed by atoms with Gasteiger partial charge in [0, 0.05) is 5.69 Å². The molecule has 0 saturated heterocycles. The number of nitrogens with zero attached hydrogens (tertiary/aromatic N) is 1. The largest absolute Gasteiger partial charge is 0.354 e. The number of aromatic nitrogens is 1. The molecule has 0 radical (unpaired) electrons. The van der Waals surface area contributed by atoms with E-state index in [1.54, 1.807) is 12.3 Å². The summed E-state index contributed by atoms with van der Waals surface area (Å²) in [5, 5.41) is 3.28. The lowest BCUT2D eigenvalue weighted by molar-refractivity contribution is 0.111. The zero-order chi connectivity index (χ0) is 16.2. The highest BCUT2D eigenvalue weighted by Crippen LogP contribution is 2.28. The van der Waals surface area contributed by atoms with E-state index < -0.39 is 0 Å². The van der Waals surface area contributed by atoms with Crippen molar-refractivity contribution in [2.75, 3.05) is 5.32 Å². The Morgan fingerprint density at radius 2 is 1.52 bits per heavy atom. The number of carbonyl (C=O) groups excluding carboxylic acids is 1.